The minimum Gasteiger partial charge on any atom is -0.314 e. The summed E-state index contributed by atoms with van der Waals surface area (Å²) in [7, 11) is 0. The molecule has 0 aliphatic heterocycles. The molecule has 10 heavy (non-hydrogen) atoms. The Balaban J connectivity index is 3.12. The molecule has 61 valence electrons. The van der Waals surface area contributed by atoms with E-state index in [-0.39, 0.29) is 0 Å². The van der Waals surface area contributed by atoms with Crippen LogP contribution in [-0.4, -0.2) is 12.6 Å². The number of nitrogens with one attached hydrogen (secondary N) is 1. The number of hydrogen-bond donors (Lipinski definition) is 1. The van der Waals surface area contributed by atoms with Crippen molar-refractivity contribution in [1.29, 1.82) is 0 Å². The zero-order valence-corrected chi connectivity index (χ0v) is 7.65. The highest BCUT2D eigenvalue weighted by Crippen LogP contribution is 2.01. The van der Waals surface area contributed by atoms with Crippen LogP contribution in [0, 0.1) is 12.3 Å². The molecule has 0 fully saturated rings. The van der Waals surface area contributed by atoms with Crippen molar-refractivity contribution in [3.8, 4) is 0 Å². The molecule has 0 aromatic heterocycles. The molecule has 1 nitrogen and oxygen atoms in total. The molecule has 0 heterocycles. The van der Waals surface area contributed by atoms with E-state index in [0.29, 0.717) is 12.0 Å². The van der Waals surface area contributed by atoms with Crippen LogP contribution in [0.4, 0.5) is 0 Å². The Bertz CT molecular complexity index is 69.1. The molecule has 0 saturated carbocycles. The molecule has 0 aliphatic rings. The van der Waals surface area contributed by atoms with Gasteiger partial charge in [0.15, 0.2) is 0 Å². The fourth-order valence-corrected chi connectivity index (χ4v) is 0.907. The van der Waals surface area contributed by atoms with E-state index in [9.17, 15) is 0 Å². The van der Waals surface area contributed by atoms with Gasteiger partial charge in [0.25, 0.3) is 0 Å². The molecular weight excluding hydrogens is 122 g/mol. The molecule has 1 atom stereocenters. The number of hydrogen-bond acceptors (Lipinski definition) is 1. The average Bonchev–Trinajstić information content (AvgIpc) is 1.85. The van der Waals surface area contributed by atoms with E-state index < -0.39 is 0 Å². The van der Waals surface area contributed by atoms with Gasteiger partial charge in [-0.15, -0.1) is 0 Å². The fourth-order valence-electron chi connectivity index (χ4n) is 0.907. The first-order valence-electron chi connectivity index (χ1n) is 4.23. The monoisotopic (exact) mass is 142 g/mol. The molecule has 0 bridgehead atoms. The lowest BCUT2D eigenvalue weighted by atomic mass is 10.1. The normalized spacial score (nSPS) is 14.1. The Morgan fingerprint density at radius 3 is 2.30 bits per heavy atom. The predicted molar refractivity (Wildman–Crippen MR) is 46.9 cm³/mol. The summed E-state index contributed by atoms with van der Waals surface area (Å²) >= 11 is 0. The molecule has 0 aromatic carbocycles. The minimum atomic E-state index is 0.618. The Labute approximate surface area is 65.2 Å². The SMILES string of the molecule is CC[CH]C(C)CNC(C)C. The van der Waals surface area contributed by atoms with Gasteiger partial charge in [0, 0.05) is 6.04 Å². The minimum absolute atomic E-state index is 0.618. The van der Waals surface area contributed by atoms with Gasteiger partial charge >= 0.3 is 0 Å². The lowest BCUT2D eigenvalue weighted by Gasteiger charge is -2.13. The van der Waals surface area contributed by atoms with Gasteiger partial charge in [0.05, 0.1) is 0 Å². The van der Waals surface area contributed by atoms with Gasteiger partial charge < -0.3 is 5.32 Å². The van der Waals surface area contributed by atoms with Crippen LogP contribution in [-0.2, 0) is 0 Å². The highest BCUT2D eigenvalue weighted by atomic mass is 14.9. The molecule has 0 amide bonds. The van der Waals surface area contributed by atoms with E-state index in [1.807, 2.05) is 0 Å². The molecular formula is C9H20N. The molecule has 1 unspecified atom stereocenters. The summed E-state index contributed by atoms with van der Waals surface area (Å²) in [6.07, 6.45) is 3.52. The Morgan fingerprint density at radius 1 is 1.30 bits per heavy atom. The van der Waals surface area contributed by atoms with Gasteiger partial charge in [-0.1, -0.05) is 34.1 Å². The van der Waals surface area contributed by atoms with Gasteiger partial charge in [-0.05, 0) is 18.9 Å². The first-order chi connectivity index (χ1) is 4.66. The van der Waals surface area contributed by atoms with Gasteiger partial charge in [0.1, 0.15) is 0 Å². The van der Waals surface area contributed by atoms with Gasteiger partial charge in [-0.25, -0.2) is 0 Å². The van der Waals surface area contributed by atoms with Crippen molar-refractivity contribution < 1.29 is 0 Å². The second kappa shape index (κ2) is 5.72. The highest BCUT2D eigenvalue weighted by molar-refractivity contribution is 4.73. The largest absolute Gasteiger partial charge is 0.314 e. The summed E-state index contributed by atoms with van der Waals surface area (Å²) in [6.45, 7) is 9.91. The highest BCUT2D eigenvalue weighted by Gasteiger charge is 2.00. The first-order valence-corrected chi connectivity index (χ1v) is 4.23. The maximum Gasteiger partial charge on any atom is 0.00104 e. The molecule has 0 saturated heterocycles. The van der Waals surface area contributed by atoms with E-state index in [1.165, 1.54) is 6.42 Å². The van der Waals surface area contributed by atoms with Crippen LogP contribution < -0.4 is 5.32 Å². The summed E-state index contributed by atoms with van der Waals surface area (Å²) in [6, 6.07) is 0.618. The summed E-state index contributed by atoms with van der Waals surface area (Å²) in [4.78, 5) is 0. The van der Waals surface area contributed by atoms with Crippen molar-refractivity contribution in [2.45, 2.75) is 40.2 Å². The molecule has 0 rings (SSSR count). The van der Waals surface area contributed by atoms with Crippen molar-refractivity contribution in [1.82, 2.24) is 5.32 Å². The zero-order valence-electron chi connectivity index (χ0n) is 7.65. The maximum atomic E-state index is 3.40. The fraction of sp³-hybridized carbons (Fsp3) is 0.889. The van der Waals surface area contributed by atoms with E-state index >= 15 is 0 Å². The third-order valence-corrected chi connectivity index (χ3v) is 1.49. The van der Waals surface area contributed by atoms with Crippen molar-refractivity contribution >= 4 is 0 Å². The number of rotatable bonds is 5. The first kappa shape index (κ1) is 9.96. The summed E-state index contributed by atoms with van der Waals surface area (Å²) in [5, 5.41) is 3.40. The lowest BCUT2D eigenvalue weighted by molar-refractivity contribution is 0.509. The van der Waals surface area contributed by atoms with Gasteiger partial charge in [-0.3, -0.25) is 0 Å². The smallest absolute Gasteiger partial charge is 0.00104 e. The second-order valence-corrected chi connectivity index (χ2v) is 3.18. The summed E-state index contributed by atoms with van der Waals surface area (Å²) in [5.41, 5.74) is 0. The average molecular weight is 142 g/mol. The van der Waals surface area contributed by atoms with Gasteiger partial charge in [-0.2, -0.15) is 0 Å². The molecule has 0 aromatic rings. The van der Waals surface area contributed by atoms with Crippen molar-refractivity contribution in [2.24, 2.45) is 5.92 Å². The van der Waals surface area contributed by atoms with Crippen LogP contribution in [0.1, 0.15) is 34.1 Å². The topological polar surface area (TPSA) is 12.0 Å². The van der Waals surface area contributed by atoms with Crippen LogP contribution in [0.2, 0.25) is 0 Å². The van der Waals surface area contributed by atoms with Crippen LogP contribution in [0.3, 0.4) is 0 Å². The molecule has 0 spiro atoms. The molecule has 1 heteroatoms. The van der Waals surface area contributed by atoms with E-state index in [2.05, 4.69) is 39.4 Å². The lowest BCUT2D eigenvalue weighted by Crippen LogP contribution is -2.27. The Hall–Kier alpha value is -0.0400. The summed E-state index contributed by atoms with van der Waals surface area (Å²) in [5.74, 6) is 0.715. The quantitative estimate of drug-likeness (QED) is 0.620. The van der Waals surface area contributed by atoms with Crippen LogP contribution in [0.15, 0.2) is 0 Å². The summed E-state index contributed by atoms with van der Waals surface area (Å²) < 4.78 is 0. The van der Waals surface area contributed by atoms with Crippen LogP contribution in [0.5, 0.6) is 0 Å². The second-order valence-electron chi connectivity index (χ2n) is 3.18. The van der Waals surface area contributed by atoms with Crippen molar-refractivity contribution in [3.63, 3.8) is 0 Å². The third-order valence-electron chi connectivity index (χ3n) is 1.49. The maximum absolute atomic E-state index is 3.40. The Kier molecular flexibility index (Phi) is 5.70. The van der Waals surface area contributed by atoms with Crippen LogP contribution >= 0.6 is 0 Å². The third kappa shape index (κ3) is 6.09. The van der Waals surface area contributed by atoms with Gasteiger partial charge in [0.2, 0.25) is 0 Å². The zero-order chi connectivity index (χ0) is 7.98. The predicted octanol–water partition coefficient (Wildman–Crippen LogP) is 2.23. The van der Waals surface area contributed by atoms with Crippen molar-refractivity contribution in [3.05, 3.63) is 6.42 Å². The molecule has 0 aliphatic carbocycles. The van der Waals surface area contributed by atoms with Crippen molar-refractivity contribution in [2.75, 3.05) is 6.54 Å². The molecule has 1 radical (unpaired) electrons. The van der Waals surface area contributed by atoms with E-state index in [1.54, 1.807) is 0 Å². The van der Waals surface area contributed by atoms with E-state index in [0.717, 1.165) is 6.54 Å². The van der Waals surface area contributed by atoms with E-state index in [4.69, 9.17) is 0 Å². The molecule has 1 N–H and O–H groups in total. The van der Waals surface area contributed by atoms with Crippen LogP contribution in [0.25, 0.3) is 0 Å². The standard InChI is InChI=1S/C9H20N/c1-5-6-9(4)7-10-8(2)3/h6,8-10H,5,7H2,1-4H3. The Morgan fingerprint density at radius 2 is 1.90 bits per heavy atom.